The average molecular weight is 385 g/mol. The Bertz CT molecular complexity index is 1100. The summed E-state index contributed by atoms with van der Waals surface area (Å²) in [4.78, 5) is 22.6. The molecule has 0 aliphatic rings. The highest BCUT2D eigenvalue weighted by Crippen LogP contribution is 2.21. The molecule has 0 aromatic heterocycles. The zero-order chi connectivity index (χ0) is 20.6. The molecule has 3 aromatic carbocycles. The first-order chi connectivity index (χ1) is 14.0. The molecule has 0 saturated heterocycles. The molecule has 29 heavy (non-hydrogen) atoms. The molecule has 3 rings (SSSR count). The van der Waals surface area contributed by atoms with Crippen LogP contribution in [0.25, 0.3) is 0 Å². The van der Waals surface area contributed by atoms with E-state index in [2.05, 4.69) is 22.5 Å². The Morgan fingerprint density at radius 3 is 2.41 bits per heavy atom. The lowest BCUT2D eigenvalue weighted by molar-refractivity contribution is -0.384. The summed E-state index contributed by atoms with van der Waals surface area (Å²) < 4.78 is 0. The molecule has 0 radical (unpaired) electrons. The number of nitrogens with one attached hydrogen (secondary N) is 2. The molecule has 0 heterocycles. The van der Waals surface area contributed by atoms with E-state index in [0.717, 1.165) is 16.8 Å². The molecular formula is C23H19N3O3. The van der Waals surface area contributed by atoms with Crippen molar-refractivity contribution in [2.45, 2.75) is 6.92 Å². The highest BCUT2D eigenvalue weighted by molar-refractivity contribution is 5.94. The van der Waals surface area contributed by atoms with Gasteiger partial charge in [-0.1, -0.05) is 36.1 Å². The van der Waals surface area contributed by atoms with Crippen LogP contribution in [0, 0.1) is 28.9 Å². The van der Waals surface area contributed by atoms with Crippen LogP contribution >= 0.6 is 0 Å². The van der Waals surface area contributed by atoms with Gasteiger partial charge in [-0.15, -0.1) is 0 Å². The highest BCUT2D eigenvalue weighted by atomic mass is 16.6. The molecule has 0 saturated carbocycles. The summed E-state index contributed by atoms with van der Waals surface area (Å²) in [5.74, 6) is 5.96. The van der Waals surface area contributed by atoms with E-state index >= 15 is 0 Å². The Morgan fingerprint density at radius 1 is 0.966 bits per heavy atom. The van der Waals surface area contributed by atoms with Crippen LogP contribution in [0.4, 0.5) is 17.1 Å². The molecule has 0 unspecified atom stereocenters. The van der Waals surface area contributed by atoms with Gasteiger partial charge in [0.25, 0.3) is 5.69 Å². The van der Waals surface area contributed by atoms with E-state index in [4.69, 9.17) is 0 Å². The number of carbonyl (C=O) groups is 1. The molecule has 0 fully saturated rings. The van der Waals surface area contributed by atoms with Crippen molar-refractivity contribution in [1.29, 1.82) is 0 Å². The van der Waals surface area contributed by atoms with Gasteiger partial charge in [0.1, 0.15) is 0 Å². The van der Waals surface area contributed by atoms with Crippen molar-refractivity contribution in [2.75, 3.05) is 17.2 Å². The summed E-state index contributed by atoms with van der Waals surface area (Å²) in [6.07, 6.45) is 0. The van der Waals surface area contributed by atoms with Gasteiger partial charge in [0, 0.05) is 34.6 Å². The quantitative estimate of drug-likeness (QED) is 0.388. The van der Waals surface area contributed by atoms with Crippen molar-refractivity contribution in [2.24, 2.45) is 0 Å². The maximum Gasteiger partial charge on any atom is 0.269 e. The monoisotopic (exact) mass is 385 g/mol. The van der Waals surface area contributed by atoms with E-state index in [1.54, 1.807) is 6.92 Å². The fourth-order valence-corrected chi connectivity index (χ4v) is 2.65. The molecule has 0 bridgehead atoms. The zero-order valence-corrected chi connectivity index (χ0v) is 15.8. The third-order valence-corrected chi connectivity index (χ3v) is 4.14. The first kappa shape index (κ1) is 19.6. The van der Waals surface area contributed by atoms with E-state index in [9.17, 15) is 14.9 Å². The minimum Gasteiger partial charge on any atom is -0.376 e. The SMILES string of the molecule is Cc1cc([N+](=O)[O-])ccc1NC(=O)CNc1cccc(C#Cc2ccccc2)c1. The minimum absolute atomic E-state index is 0.00736. The molecular weight excluding hydrogens is 366 g/mol. The lowest BCUT2D eigenvalue weighted by atomic mass is 10.1. The predicted molar refractivity (Wildman–Crippen MR) is 114 cm³/mol. The number of nitro benzene ring substituents is 1. The van der Waals surface area contributed by atoms with Crippen molar-refractivity contribution >= 4 is 23.0 Å². The lowest BCUT2D eigenvalue weighted by Gasteiger charge is -2.10. The van der Waals surface area contributed by atoms with Crippen LogP contribution in [0.5, 0.6) is 0 Å². The van der Waals surface area contributed by atoms with Crippen LogP contribution < -0.4 is 10.6 Å². The first-order valence-corrected chi connectivity index (χ1v) is 8.97. The van der Waals surface area contributed by atoms with Crippen LogP contribution in [0.2, 0.25) is 0 Å². The lowest BCUT2D eigenvalue weighted by Crippen LogP contribution is -2.22. The maximum atomic E-state index is 12.2. The van der Waals surface area contributed by atoms with Gasteiger partial charge >= 0.3 is 0 Å². The molecule has 3 aromatic rings. The summed E-state index contributed by atoms with van der Waals surface area (Å²) >= 11 is 0. The Hall–Kier alpha value is -4.11. The van der Waals surface area contributed by atoms with Gasteiger partial charge < -0.3 is 10.6 Å². The third-order valence-electron chi connectivity index (χ3n) is 4.14. The van der Waals surface area contributed by atoms with E-state index in [1.165, 1.54) is 18.2 Å². The van der Waals surface area contributed by atoms with Gasteiger partial charge in [-0.2, -0.15) is 0 Å². The number of amides is 1. The summed E-state index contributed by atoms with van der Waals surface area (Å²) in [5, 5.41) is 16.6. The molecule has 0 spiro atoms. The summed E-state index contributed by atoms with van der Waals surface area (Å²) in [6, 6.07) is 21.5. The van der Waals surface area contributed by atoms with Crippen LogP contribution in [0.1, 0.15) is 16.7 Å². The summed E-state index contributed by atoms with van der Waals surface area (Å²) in [7, 11) is 0. The normalized spacial score (nSPS) is 9.83. The number of nitro groups is 1. The second kappa shape index (κ2) is 9.20. The van der Waals surface area contributed by atoms with Crippen LogP contribution in [0.15, 0.2) is 72.8 Å². The molecule has 2 N–H and O–H groups in total. The molecule has 0 aliphatic heterocycles. The number of benzene rings is 3. The van der Waals surface area contributed by atoms with Crippen LogP contribution in [0.3, 0.4) is 0 Å². The zero-order valence-electron chi connectivity index (χ0n) is 15.8. The molecule has 0 aliphatic carbocycles. The Balaban J connectivity index is 1.59. The largest absolute Gasteiger partial charge is 0.376 e. The topological polar surface area (TPSA) is 84.3 Å². The van der Waals surface area contributed by atoms with Crippen LogP contribution in [-0.4, -0.2) is 17.4 Å². The number of hydrogen-bond acceptors (Lipinski definition) is 4. The van der Waals surface area contributed by atoms with Gasteiger partial charge in [-0.3, -0.25) is 14.9 Å². The standard InChI is InChI=1S/C23H19N3O3/c1-17-14-21(26(28)29)12-13-22(17)25-23(27)16-24-20-9-5-8-19(15-20)11-10-18-6-3-2-4-7-18/h2-9,12-15,24H,16H2,1H3,(H,25,27). The van der Waals surface area contributed by atoms with E-state index in [0.29, 0.717) is 11.3 Å². The number of hydrogen-bond donors (Lipinski definition) is 2. The fraction of sp³-hybridized carbons (Fsp3) is 0.0870. The van der Waals surface area contributed by atoms with Crippen LogP contribution in [-0.2, 0) is 4.79 Å². The molecule has 6 nitrogen and oxygen atoms in total. The second-order valence-electron chi connectivity index (χ2n) is 6.35. The minimum atomic E-state index is -0.464. The van der Waals surface area contributed by atoms with Crippen molar-refractivity contribution < 1.29 is 9.72 Å². The van der Waals surface area contributed by atoms with Gasteiger partial charge in [0.05, 0.1) is 11.5 Å². The number of carbonyl (C=O) groups excluding carboxylic acids is 1. The number of rotatable bonds is 5. The van der Waals surface area contributed by atoms with Gasteiger partial charge in [0.15, 0.2) is 0 Å². The molecule has 0 atom stereocenters. The van der Waals surface area contributed by atoms with E-state index in [-0.39, 0.29) is 18.1 Å². The number of anilines is 2. The smallest absolute Gasteiger partial charge is 0.269 e. The number of aryl methyl sites for hydroxylation is 1. The number of nitrogens with zero attached hydrogens (tertiary/aromatic N) is 1. The Morgan fingerprint density at radius 2 is 1.69 bits per heavy atom. The molecule has 144 valence electrons. The summed E-state index contributed by atoms with van der Waals surface area (Å²) in [6.45, 7) is 1.77. The average Bonchev–Trinajstić information content (AvgIpc) is 2.73. The Labute approximate surface area is 168 Å². The fourth-order valence-electron chi connectivity index (χ4n) is 2.65. The second-order valence-corrected chi connectivity index (χ2v) is 6.35. The molecule has 6 heteroatoms. The van der Waals surface area contributed by atoms with Crippen molar-refractivity contribution in [3.8, 4) is 11.8 Å². The highest BCUT2D eigenvalue weighted by Gasteiger charge is 2.10. The van der Waals surface area contributed by atoms with E-state index < -0.39 is 4.92 Å². The first-order valence-electron chi connectivity index (χ1n) is 8.97. The summed E-state index contributed by atoms with van der Waals surface area (Å²) in [5.41, 5.74) is 3.72. The van der Waals surface area contributed by atoms with Crippen molar-refractivity contribution in [3.05, 3.63) is 99.6 Å². The van der Waals surface area contributed by atoms with Gasteiger partial charge in [-0.05, 0) is 48.9 Å². The Kier molecular flexibility index (Phi) is 6.23. The van der Waals surface area contributed by atoms with Gasteiger partial charge in [-0.25, -0.2) is 0 Å². The maximum absolute atomic E-state index is 12.2. The predicted octanol–water partition coefficient (Wildman–Crippen LogP) is 4.35. The van der Waals surface area contributed by atoms with Gasteiger partial charge in [0.2, 0.25) is 5.91 Å². The van der Waals surface area contributed by atoms with E-state index in [1.807, 2.05) is 54.6 Å². The third kappa shape index (κ3) is 5.68. The van der Waals surface area contributed by atoms with Crippen molar-refractivity contribution in [3.63, 3.8) is 0 Å². The van der Waals surface area contributed by atoms with Crippen molar-refractivity contribution in [1.82, 2.24) is 0 Å². The molecule has 1 amide bonds. The number of non-ortho nitro benzene ring substituents is 1.